The molecule has 0 aliphatic heterocycles. The molecule has 0 spiro atoms. The third-order valence-corrected chi connectivity index (χ3v) is 9.35. The van der Waals surface area contributed by atoms with Crippen LogP contribution in [-0.2, 0) is 24.8 Å². The van der Waals surface area contributed by atoms with Crippen LogP contribution in [0, 0.1) is 0 Å². The Balaban J connectivity index is 0.000000214. The molecule has 0 radical (unpaired) electrons. The molecule has 246 valence electrons. The molecule has 0 amide bonds. The zero-order valence-corrected chi connectivity index (χ0v) is 27.3. The number of hydrogen-bond acceptors (Lipinski definition) is 8. The molecule has 0 unspecified atom stereocenters. The topological polar surface area (TPSA) is 165 Å². The van der Waals surface area contributed by atoms with E-state index >= 15 is 0 Å². The van der Waals surface area contributed by atoms with E-state index in [0.717, 1.165) is 9.99 Å². The van der Waals surface area contributed by atoms with Gasteiger partial charge >= 0.3 is 5.97 Å². The highest BCUT2D eigenvalue weighted by Gasteiger charge is 2.27. The van der Waals surface area contributed by atoms with Gasteiger partial charge in [-0.3, -0.25) is 13.8 Å². The zero-order valence-electron chi connectivity index (χ0n) is 25.6. The molecule has 5 rings (SSSR count). The quantitative estimate of drug-likeness (QED) is 0.156. The summed E-state index contributed by atoms with van der Waals surface area (Å²) >= 11 is 0. The second kappa shape index (κ2) is 17.2. The van der Waals surface area contributed by atoms with Crippen molar-refractivity contribution in [3.63, 3.8) is 0 Å². The number of rotatable bonds is 10. The summed E-state index contributed by atoms with van der Waals surface area (Å²) in [6.45, 7) is -0.654. The van der Waals surface area contributed by atoms with Crippen LogP contribution in [-0.4, -0.2) is 48.7 Å². The van der Waals surface area contributed by atoms with E-state index < -0.39 is 32.6 Å². The van der Waals surface area contributed by atoms with E-state index in [4.69, 9.17) is 20.3 Å². The second-order valence-corrected chi connectivity index (χ2v) is 13.0. The number of nitrogen functional groups attached to an aromatic ring is 1. The van der Waals surface area contributed by atoms with Gasteiger partial charge in [-0.05, 0) is 84.9 Å². The number of methoxy groups -OCH3 is 2. The number of hydrogen-bond donors (Lipinski definition) is 3. The lowest BCUT2D eigenvalue weighted by molar-refractivity contribution is -0.135. The Labute approximate surface area is 274 Å². The molecule has 4 N–H and O–H groups in total. The summed E-state index contributed by atoms with van der Waals surface area (Å²) < 4.78 is 62.8. The van der Waals surface area contributed by atoms with Gasteiger partial charge in [-0.25, -0.2) is 16.8 Å². The number of nitrogens with two attached hydrogens (primary N) is 1. The Hall–Kier alpha value is -5.53. The van der Waals surface area contributed by atoms with E-state index in [-0.39, 0.29) is 9.79 Å². The Morgan fingerprint density at radius 2 is 1.09 bits per heavy atom. The van der Waals surface area contributed by atoms with Crippen LogP contribution in [0.2, 0.25) is 0 Å². The SMILES string of the molecule is COc1ccc(S(=O)(=O)N(CC(=O)O)c2ccccc2)cc1.COc1ccc(S(=O)(=O)Nc2ccccc2)cc1.Nc1ccccc1. The molecule has 5 aromatic rings. The fourth-order valence-corrected chi connectivity index (χ4v) is 6.31. The van der Waals surface area contributed by atoms with E-state index in [2.05, 4.69) is 4.72 Å². The summed E-state index contributed by atoms with van der Waals surface area (Å²) in [4.78, 5) is 11.2. The average Bonchev–Trinajstić information content (AvgIpc) is 3.08. The number of para-hydroxylation sites is 3. The molecule has 0 bridgehead atoms. The first-order chi connectivity index (χ1) is 22.5. The summed E-state index contributed by atoms with van der Waals surface area (Å²) in [5, 5.41) is 9.01. The fourth-order valence-electron chi connectivity index (χ4n) is 3.84. The van der Waals surface area contributed by atoms with Gasteiger partial charge in [0.2, 0.25) is 0 Å². The normalized spacial score (nSPS) is 10.6. The van der Waals surface area contributed by atoms with Crippen LogP contribution < -0.4 is 24.2 Å². The molecule has 0 saturated carbocycles. The maximum absolute atomic E-state index is 12.7. The number of anilines is 3. The van der Waals surface area contributed by atoms with Crippen molar-refractivity contribution >= 4 is 43.1 Å². The smallest absolute Gasteiger partial charge is 0.324 e. The summed E-state index contributed by atoms with van der Waals surface area (Å²) in [6, 6.07) is 38.4. The third kappa shape index (κ3) is 11.1. The van der Waals surface area contributed by atoms with Gasteiger partial charge < -0.3 is 20.3 Å². The molecule has 0 fully saturated rings. The van der Waals surface area contributed by atoms with Crippen molar-refractivity contribution in [2.24, 2.45) is 0 Å². The highest BCUT2D eigenvalue weighted by molar-refractivity contribution is 7.93. The molecule has 47 heavy (non-hydrogen) atoms. The van der Waals surface area contributed by atoms with Crippen molar-refractivity contribution in [3.8, 4) is 11.5 Å². The van der Waals surface area contributed by atoms with Crippen LogP contribution >= 0.6 is 0 Å². The van der Waals surface area contributed by atoms with Gasteiger partial charge in [-0.15, -0.1) is 0 Å². The maximum Gasteiger partial charge on any atom is 0.324 e. The largest absolute Gasteiger partial charge is 0.497 e. The summed E-state index contributed by atoms with van der Waals surface area (Å²) in [6.07, 6.45) is 0. The van der Waals surface area contributed by atoms with Gasteiger partial charge in [-0.2, -0.15) is 0 Å². The van der Waals surface area contributed by atoms with E-state index in [9.17, 15) is 21.6 Å². The molecule has 5 aromatic carbocycles. The first-order valence-corrected chi connectivity index (χ1v) is 16.8. The van der Waals surface area contributed by atoms with Crippen LogP contribution in [0.1, 0.15) is 0 Å². The number of aliphatic carboxylic acids is 1. The number of ether oxygens (including phenoxy) is 2. The number of carbonyl (C=O) groups is 1. The van der Waals surface area contributed by atoms with E-state index in [1.165, 1.54) is 50.6 Å². The van der Waals surface area contributed by atoms with Crippen molar-refractivity contribution in [2.45, 2.75) is 9.79 Å². The monoisotopic (exact) mass is 677 g/mol. The minimum absolute atomic E-state index is 0.00148. The van der Waals surface area contributed by atoms with Crippen LogP contribution in [0.3, 0.4) is 0 Å². The van der Waals surface area contributed by atoms with Crippen molar-refractivity contribution in [2.75, 3.05) is 35.5 Å². The average molecular weight is 678 g/mol. The molecular weight excluding hydrogens is 643 g/mol. The number of carboxylic acids is 1. The molecule has 13 heteroatoms. The highest BCUT2D eigenvalue weighted by Crippen LogP contribution is 2.25. The molecular formula is C34H35N3O8S2. The molecule has 0 aliphatic carbocycles. The molecule has 0 heterocycles. The van der Waals surface area contributed by atoms with Crippen LogP contribution in [0.4, 0.5) is 17.1 Å². The summed E-state index contributed by atoms with van der Waals surface area (Å²) in [5.74, 6) is -0.0990. The molecule has 0 aromatic heterocycles. The third-order valence-electron chi connectivity index (χ3n) is 6.17. The lowest BCUT2D eigenvalue weighted by Crippen LogP contribution is -2.35. The number of nitrogens with one attached hydrogen (secondary N) is 1. The maximum atomic E-state index is 12.7. The van der Waals surface area contributed by atoms with Gasteiger partial charge in [0.05, 0.1) is 29.7 Å². The Kier molecular flexibility index (Phi) is 13.2. The Morgan fingerprint density at radius 1 is 0.660 bits per heavy atom. The second-order valence-electron chi connectivity index (χ2n) is 9.47. The van der Waals surface area contributed by atoms with Gasteiger partial charge in [0, 0.05) is 11.4 Å². The van der Waals surface area contributed by atoms with Gasteiger partial charge in [0.15, 0.2) is 0 Å². The minimum Gasteiger partial charge on any atom is -0.497 e. The lowest BCUT2D eigenvalue weighted by atomic mass is 10.3. The number of carboxylic acid groups (broad SMARTS) is 1. The van der Waals surface area contributed by atoms with Crippen molar-refractivity contribution in [1.29, 1.82) is 0 Å². The van der Waals surface area contributed by atoms with E-state index in [0.29, 0.717) is 22.9 Å². The summed E-state index contributed by atoms with van der Waals surface area (Å²) in [5.41, 5.74) is 7.01. The molecule has 0 saturated heterocycles. The lowest BCUT2D eigenvalue weighted by Gasteiger charge is -2.22. The van der Waals surface area contributed by atoms with Crippen molar-refractivity contribution in [1.82, 2.24) is 0 Å². The first-order valence-electron chi connectivity index (χ1n) is 13.9. The Bertz CT molecular complexity index is 1890. The molecule has 0 atom stereocenters. The van der Waals surface area contributed by atoms with Crippen LogP contribution in [0.5, 0.6) is 11.5 Å². The van der Waals surface area contributed by atoms with Crippen LogP contribution in [0.25, 0.3) is 0 Å². The van der Waals surface area contributed by atoms with E-state index in [1.54, 1.807) is 66.7 Å². The van der Waals surface area contributed by atoms with Gasteiger partial charge in [0.25, 0.3) is 20.0 Å². The Morgan fingerprint density at radius 3 is 1.49 bits per heavy atom. The van der Waals surface area contributed by atoms with Gasteiger partial charge in [-0.1, -0.05) is 54.6 Å². The molecule has 0 aliphatic rings. The number of benzene rings is 5. The highest BCUT2D eigenvalue weighted by atomic mass is 32.2. The minimum atomic E-state index is -3.98. The van der Waals surface area contributed by atoms with E-state index in [1.807, 2.05) is 36.4 Å². The van der Waals surface area contributed by atoms with Crippen LogP contribution in [0.15, 0.2) is 149 Å². The predicted molar refractivity (Wildman–Crippen MR) is 183 cm³/mol. The number of nitrogens with zero attached hydrogens (tertiary/aromatic N) is 1. The van der Waals surface area contributed by atoms with Crippen molar-refractivity contribution in [3.05, 3.63) is 140 Å². The van der Waals surface area contributed by atoms with Crippen molar-refractivity contribution < 1.29 is 36.2 Å². The number of sulfonamides is 2. The zero-order chi connectivity index (χ0) is 34.3. The summed E-state index contributed by atoms with van der Waals surface area (Å²) in [7, 11) is -4.51. The molecule has 11 nitrogen and oxygen atoms in total. The first kappa shape index (κ1) is 35.9. The predicted octanol–water partition coefficient (Wildman–Crippen LogP) is 5.74. The standard InChI is InChI=1S/C15H15NO5S.C13H13NO3S.C6H7N/c1-21-13-7-9-14(10-8-13)22(19,20)16(11-15(17)18)12-5-3-2-4-6-12;1-17-12-7-9-13(10-8-12)18(15,16)14-11-5-3-2-4-6-11;7-6-4-2-1-3-5-6/h2-10H,11H2,1H3,(H,17,18);2-10,14H,1H3;1-5H,7H2. The fraction of sp³-hybridized carbons (Fsp3) is 0.0882. The van der Waals surface area contributed by atoms with Gasteiger partial charge in [0.1, 0.15) is 18.0 Å².